The lowest BCUT2D eigenvalue weighted by molar-refractivity contribution is 0.243. The molecule has 1 fully saturated rings. The van der Waals surface area contributed by atoms with Gasteiger partial charge in [0, 0.05) is 75.7 Å². The summed E-state index contributed by atoms with van der Waals surface area (Å²) in [7, 11) is 1.92. The van der Waals surface area contributed by atoms with Gasteiger partial charge in [-0.3, -0.25) is 9.89 Å². The Morgan fingerprint density at radius 2 is 2.06 bits per heavy atom. The van der Waals surface area contributed by atoms with Gasteiger partial charge in [0.15, 0.2) is 11.6 Å². The average molecular weight is 470 g/mol. The number of nitrogens with one attached hydrogen (secondary N) is 2. The van der Waals surface area contributed by atoms with Crippen LogP contribution in [0.3, 0.4) is 0 Å². The summed E-state index contributed by atoms with van der Waals surface area (Å²) >= 11 is 0. The van der Waals surface area contributed by atoms with Crippen molar-refractivity contribution in [3.8, 4) is 0 Å². The number of allylic oxidation sites excluding steroid dienone is 2. The molecule has 9 nitrogen and oxygen atoms in total. The summed E-state index contributed by atoms with van der Waals surface area (Å²) in [5.41, 5.74) is 3.07. The molecule has 34 heavy (non-hydrogen) atoms. The van der Waals surface area contributed by atoms with Gasteiger partial charge >= 0.3 is 6.03 Å². The van der Waals surface area contributed by atoms with Crippen LogP contribution in [0.1, 0.15) is 39.7 Å². The van der Waals surface area contributed by atoms with Crippen LogP contribution in [-0.4, -0.2) is 74.7 Å². The van der Waals surface area contributed by atoms with Gasteiger partial charge in [-0.2, -0.15) is 0 Å². The Morgan fingerprint density at radius 1 is 1.29 bits per heavy atom. The maximum Gasteiger partial charge on any atom is 0.327 e. The van der Waals surface area contributed by atoms with Gasteiger partial charge in [0.05, 0.1) is 6.61 Å². The Kier molecular flexibility index (Phi) is 9.33. The van der Waals surface area contributed by atoms with Crippen LogP contribution >= 0.6 is 0 Å². The SMILES string of the molecule is CC/C=C(\OCC)C(=NCC)N(C)/C=C(\C)NC(=O)N1CCc2c(N3CCNCC3)ccnc21. The van der Waals surface area contributed by atoms with Gasteiger partial charge in [-0.15, -0.1) is 0 Å². The Labute approximate surface area is 203 Å². The third-order valence-corrected chi connectivity index (χ3v) is 5.80. The molecule has 0 radical (unpaired) electrons. The summed E-state index contributed by atoms with van der Waals surface area (Å²) in [5, 5.41) is 6.41. The van der Waals surface area contributed by atoms with Crippen LogP contribution < -0.4 is 20.4 Å². The van der Waals surface area contributed by atoms with Crippen molar-refractivity contribution < 1.29 is 9.53 Å². The summed E-state index contributed by atoms with van der Waals surface area (Å²) in [6.07, 6.45) is 7.37. The summed E-state index contributed by atoms with van der Waals surface area (Å²) < 4.78 is 5.81. The third-order valence-electron chi connectivity index (χ3n) is 5.80. The van der Waals surface area contributed by atoms with Crippen LogP contribution in [0, 0.1) is 0 Å². The van der Waals surface area contributed by atoms with Crippen LogP contribution in [-0.2, 0) is 11.2 Å². The van der Waals surface area contributed by atoms with Crippen molar-refractivity contribution in [1.29, 1.82) is 0 Å². The molecule has 0 aliphatic carbocycles. The van der Waals surface area contributed by atoms with E-state index < -0.39 is 0 Å². The lowest BCUT2D eigenvalue weighted by Gasteiger charge is -2.31. The molecular formula is C25H39N7O2. The predicted octanol–water partition coefficient (Wildman–Crippen LogP) is 3.11. The second-order valence-corrected chi connectivity index (χ2v) is 8.33. The maximum absolute atomic E-state index is 13.1. The molecule has 2 amide bonds. The predicted molar refractivity (Wildman–Crippen MR) is 138 cm³/mol. The summed E-state index contributed by atoms with van der Waals surface area (Å²) in [5.74, 6) is 2.25. The number of nitrogens with zero attached hydrogens (tertiary/aromatic N) is 5. The van der Waals surface area contributed by atoms with E-state index in [0.717, 1.165) is 67.7 Å². The number of carbonyl (C=O) groups excluding carboxylic acids is 1. The number of amides is 2. The fourth-order valence-corrected chi connectivity index (χ4v) is 4.36. The number of urea groups is 1. The minimum Gasteiger partial charge on any atom is -0.490 e. The number of ether oxygens (including phenoxy) is 1. The molecule has 186 valence electrons. The Balaban J connectivity index is 1.73. The Morgan fingerprint density at radius 3 is 2.74 bits per heavy atom. The van der Waals surface area contributed by atoms with Crippen molar-refractivity contribution in [3.63, 3.8) is 0 Å². The number of amidine groups is 1. The number of carbonyl (C=O) groups is 1. The van der Waals surface area contributed by atoms with Gasteiger partial charge in [0.1, 0.15) is 5.82 Å². The lowest BCUT2D eigenvalue weighted by Crippen LogP contribution is -2.43. The summed E-state index contributed by atoms with van der Waals surface area (Å²) in [6.45, 7) is 13.6. The largest absolute Gasteiger partial charge is 0.490 e. The van der Waals surface area contributed by atoms with Crippen molar-refractivity contribution >= 4 is 23.4 Å². The maximum atomic E-state index is 13.1. The van der Waals surface area contributed by atoms with E-state index in [1.165, 1.54) is 5.69 Å². The van der Waals surface area contributed by atoms with Gasteiger partial charge in [-0.05, 0) is 45.8 Å². The van der Waals surface area contributed by atoms with Crippen molar-refractivity contribution in [2.75, 3.05) is 62.7 Å². The highest BCUT2D eigenvalue weighted by molar-refractivity contribution is 5.97. The Bertz CT molecular complexity index is 935. The number of aliphatic imine (C=N–C) groups is 1. The molecule has 2 aliphatic rings. The fourth-order valence-electron chi connectivity index (χ4n) is 4.36. The van der Waals surface area contributed by atoms with E-state index in [9.17, 15) is 4.79 Å². The molecule has 2 N–H and O–H groups in total. The van der Waals surface area contributed by atoms with Gasteiger partial charge in [-0.25, -0.2) is 9.78 Å². The van der Waals surface area contributed by atoms with E-state index in [1.54, 1.807) is 11.1 Å². The molecule has 0 aromatic carbocycles. The van der Waals surface area contributed by atoms with Gasteiger partial charge in [0.25, 0.3) is 0 Å². The zero-order chi connectivity index (χ0) is 24.5. The highest BCUT2D eigenvalue weighted by Crippen LogP contribution is 2.33. The molecule has 0 spiro atoms. The average Bonchev–Trinajstić information content (AvgIpc) is 3.27. The van der Waals surface area contributed by atoms with E-state index in [2.05, 4.69) is 38.5 Å². The molecule has 1 aromatic rings. The number of hydrogen-bond donors (Lipinski definition) is 2. The van der Waals surface area contributed by atoms with Crippen LogP contribution in [0.15, 0.2) is 41.0 Å². The minimum absolute atomic E-state index is 0.172. The molecule has 0 bridgehead atoms. The minimum atomic E-state index is -0.172. The quantitative estimate of drug-likeness (QED) is 0.346. The normalized spacial score (nSPS) is 17.0. The number of rotatable bonds is 8. The number of fused-ring (bicyclic) bond motifs is 1. The van der Waals surface area contributed by atoms with Crippen molar-refractivity contribution in [2.45, 2.75) is 40.5 Å². The first-order valence-corrected chi connectivity index (χ1v) is 12.3. The van der Waals surface area contributed by atoms with Gasteiger partial charge < -0.3 is 25.2 Å². The summed E-state index contributed by atoms with van der Waals surface area (Å²) in [6, 6.07) is 1.90. The molecule has 0 atom stereocenters. The molecule has 2 aliphatic heterocycles. The number of pyridine rings is 1. The second-order valence-electron chi connectivity index (χ2n) is 8.33. The topological polar surface area (TPSA) is 85.3 Å². The van der Waals surface area contributed by atoms with Crippen LogP contribution in [0.5, 0.6) is 0 Å². The second kappa shape index (κ2) is 12.4. The number of anilines is 2. The van der Waals surface area contributed by atoms with E-state index in [4.69, 9.17) is 4.74 Å². The molecule has 3 heterocycles. The monoisotopic (exact) mass is 469 g/mol. The molecule has 1 saturated heterocycles. The lowest BCUT2D eigenvalue weighted by atomic mass is 10.1. The molecular weight excluding hydrogens is 430 g/mol. The summed E-state index contributed by atoms with van der Waals surface area (Å²) in [4.78, 5) is 28.3. The first kappa shape index (κ1) is 25.6. The molecule has 0 saturated carbocycles. The highest BCUT2D eigenvalue weighted by atomic mass is 16.5. The molecule has 9 heteroatoms. The van der Waals surface area contributed by atoms with Crippen LogP contribution in [0.25, 0.3) is 0 Å². The van der Waals surface area contributed by atoms with Gasteiger partial charge in [0.2, 0.25) is 0 Å². The van der Waals surface area contributed by atoms with E-state index in [-0.39, 0.29) is 6.03 Å². The number of likely N-dealkylation sites (N-methyl/N-ethyl adjacent to an activating group) is 1. The van der Waals surface area contributed by atoms with Crippen LogP contribution in [0.2, 0.25) is 0 Å². The number of piperazine rings is 1. The van der Waals surface area contributed by atoms with Crippen molar-refractivity contribution in [3.05, 3.63) is 41.6 Å². The molecule has 1 aromatic heterocycles. The van der Waals surface area contributed by atoms with E-state index in [0.29, 0.717) is 19.7 Å². The zero-order valence-electron chi connectivity index (χ0n) is 21.2. The van der Waals surface area contributed by atoms with Crippen molar-refractivity contribution in [2.24, 2.45) is 4.99 Å². The smallest absolute Gasteiger partial charge is 0.327 e. The van der Waals surface area contributed by atoms with E-state index in [1.807, 2.05) is 45.0 Å². The first-order chi connectivity index (χ1) is 16.5. The third kappa shape index (κ3) is 6.08. The first-order valence-electron chi connectivity index (χ1n) is 12.3. The van der Waals surface area contributed by atoms with E-state index >= 15 is 0 Å². The fraction of sp³-hybridized carbons (Fsp3) is 0.560. The molecule has 0 unspecified atom stereocenters. The standard InChI is InChI=1S/C25H39N7O2/c1-6-9-22(34-8-3)24(27-7-2)30(5)18-19(4)29-25(33)32-15-11-20-21(10-12-28-23(20)32)31-16-13-26-14-17-31/h9-10,12,18,26H,6-8,11,13-17H2,1-5H3,(H,29,33)/b19-18+,22-9-,27-24?. The number of hydrogen-bond acceptors (Lipinski definition) is 6. The van der Waals surface area contributed by atoms with Crippen molar-refractivity contribution in [1.82, 2.24) is 20.5 Å². The molecule has 3 rings (SSSR count). The highest BCUT2D eigenvalue weighted by Gasteiger charge is 2.30. The number of aromatic nitrogens is 1. The Hall–Kier alpha value is -3.07. The van der Waals surface area contributed by atoms with Gasteiger partial charge in [-0.1, -0.05) is 6.92 Å². The zero-order valence-corrected chi connectivity index (χ0v) is 21.2. The van der Waals surface area contributed by atoms with Crippen LogP contribution in [0.4, 0.5) is 16.3 Å².